The summed E-state index contributed by atoms with van der Waals surface area (Å²) in [4.78, 5) is 0. The Labute approximate surface area is 196 Å². The Morgan fingerprint density at radius 2 is 1.68 bits per heavy atom. The van der Waals surface area contributed by atoms with E-state index in [0.717, 1.165) is 41.8 Å². The molecule has 3 nitrogen and oxygen atoms in total. The van der Waals surface area contributed by atoms with Crippen LogP contribution in [0.25, 0.3) is 11.1 Å². The Morgan fingerprint density at radius 1 is 0.968 bits per heavy atom. The minimum Gasteiger partial charge on any atom is -0.496 e. The van der Waals surface area contributed by atoms with E-state index in [1.54, 1.807) is 7.11 Å². The second-order valence-electron chi connectivity index (χ2n) is 7.51. The lowest BCUT2D eigenvalue weighted by molar-refractivity contribution is 0.303. The molecule has 0 spiro atoms. The number of hydrogen-bond donors (Lipinski definition) is 2. The molecule has 3 aromatic rings. The third kappa shape index (κ3) is 6.20. The number of piperidine rings is 1. The zero-order valence-corrected chi connectivity index (χ0v) is 19.1. The van der Waals surface area contributed by atoms with Gasteiger partial charge in [0.2, 0.25) is 0 Å². The first-order valence-electron chi connectivity index (χ1n) is 10.2. The van der Waals surface area contributed by atoms with E-state index in [2.05, 4.69) is 47.0 Å². The van der Waals surface area contributed by atoms with Gasteiger partial charge < -0.3 is 15.4 Å². The van der Waals surface area contributed by atoms with Gasteiger partial charge in [-0.05, 0) is 60.3 Å². The number of benzene rings is 3. The topological polar surface area (TPSA) is 33.3 Å². The van der Waals surface area contributed by atoms with Gasteiger partial charge in [-0.25, -0.2) is 4.39 Å². The molecule has 2 atom stereocenters. The predicted molar refractivity (Wildman–Crippen MR) is 130 cm³/mol. The quantitative estimate of drug-likeness (QED) is 0.476. The normalized spacial score (nSPS) is 17.9. The summed E-state index contributed by atoms with van der Waals surface area (Å²) in [5.74, 6) is 0.643. The highest BCUT2D eigenvalue weighted by molar-refractivity contribution is 5.85. The van der Waals surface area contributed by atoms with Crippen LogP contribution in [0.1, 0.15) is 30.0 Å². The third-order valence-corrected chi connectivity index (χ3v) is 5.63. The van der Waals surface area contributed by atoms with Gasteiger partial charge in [0.25, 0.3) is 0 Å². The second-order valence-corrected chi connectivity index (χ2v) is 7.51. The van der Waals surface area contributed by atoms with Gasteiger partial charge in [-0.1, -0.05) is 48.5 Å². The first-order valence-corrected chi connectivity index (χ1v) is 10.2. The molecule has 4 rings (SSSR count). The first kappa shape index (κ1) is 25.2. The van der Waals surface area contributed by atoms with Crippen molar-refractivity contribution in [2.24, 2.45) is 0 Å². The molecule has 166 valence electrons. The van der Waals surface area contributed by atoms with Gasteiger partial charge in [-0.3, -0.25) is 0 Å². The van der Waals surface area contributed by atoms with Gasteiger partial charge in [0, 0.05) is 24.2 Å². The van der Waals surface area contributed by atoms with Crippen molar-refractivity contribution in [3.05, 3.63) is 89.7 Å². The predicted octanol–water partition coefficient (Wildman–Crippen LogP) is 5.93. The average molecular weight is 463 g/mol. The maximum Gasteiger partial charge on any atom is 0.123 e. The lowest BCUT2D eigenvalue weighted by Gasteiger charge is -2.34. The molecule has 0 bridgehead atoms. The molecule has 1 saturated heterocycles. The van der Waals surface area contributed by atoms with Crippen LogP contribution in [-0.2, 0) is 6.54 Å². The smallest absolute Gasteiger partial charge is 0.123 e. The van der Waals surface area contributed by atoms with Crippen LogP contribution in [-0.4, -0.2) is 19.7 Å². The summed E-state index contributed by atoms with van der Waals surface area (Å²) in [5.41, 5.74) is 4.48. The van der Waals surface area contributed by atoms with E-state index in [1.165, 1.54) is 17.7 Å². The van der Waals surface area contributed by atoms with Crippen LogP contribution < -0.4 is 15.4 Å². The van der Waals surface area contributed by atoms with Crippen LogP contribution in [0, 0.1) is 5.82 Å². The molecule has 1 fully saturated rings. The van der Waals surface area contributed by atoms with E-state index in [1.807, 2.05) is 24.3 Å². The van der Waals surface area contributed by atoms with Crippen molar-refractivity contribution in [3.8, 4) is 16.9 Å². The Kier molecular flexibility index (Phi) is 9.79. The van der Waals surface area contributed by atoms with Gasteiger partial charge in [-0.2, -0.15) is 0 Å². The molecule has 0 aliphatic carbocycles. The number of ether oxygens (including phenoxy) is 1. The molecule has 31 heavy (non-hydrogen) atoms. The van der Waals surface area contributed by atoms with E-state index in [9.17, 15) is 4.39 Å². The Balaban J connectivity index is 0.00000171. The maximum absolute atomic E-state index is 13.3. The molecular formula is C25H29Cl2FN2O. The molecule has 1 aliphatic rings. The first-order chi connectivity index (χ1) is 14.2. The number of rotatable bonds is 6. The molecule has 3 aromatic carbocycles. The maximum atomic E-state index is 13.3. The van der Waals surface area contributed by atoms with Crippen LogP contribution in [0.4, 0.5) is 4.39 Å². The summed E-state index contributed by atoms with van der Waals surface area (Å²) >= 11 is 0. The minimum atomic E-state index is -0.221. The van der Waals surface area contributed by atoms with Crippen molar-refractivity contribution < 1.29 is 9.13 Å². The monoisotopic (exact) mass is 462 g/mol. The molecule has 0 amide bonds. The van der Waals surface area contributed by atoms with E-state index >= 15 is 0 Å². The largest absolute Gasteiger partial charge is 0.496 e. The fraction of sp³-hybridized carbons (Fsp3) is 0.280. The van der Waals surface area contributed by atoms with Crippen LogP contribution in [0.2, 0.25) is 0 Å². The standard InChI is InChI=1S/C25H27FN2O.2ClH/c1-29-24-14-11-20(18-9-12-22(26)13-10-18)16-21(24)17-28-23-8-5-15-27-25(23)19-6-3-2-4-7-19;;/h2-4,6-7,9-14,16,23,25,27-28H,5,8,15,17H2,1H3;2*1H. The summed E-state index contributed by atoms with van der Waals surface area (Å²) in [6.45, 7) is 1.76. The van der Waals surface area contributed by atoms with Crippen molar-refractivity contribution in [1.82, 2.24) is 10.6 Å². The zero-order valence-electron chi connectivity index (χ0n) is 17.5. The third-order valence-electron chi connectivity index (χ3n) is 5.63. The van der Waals surface area contributed by atoms with Crippen LogP contribution >= 0.6 is 24.8 Å². The van der Waals surface area contributed by atoms with Crippen molar-refractivity contribution in [2.75, 3.05) is 13.7 Å². The SMILES string of the molecule is COc1ccc(-c2ccc(F)cc2)cc1CNC1CCCNC1c1ccccc1.Cl.Cl. The Bertz CT molecular complexity index is 938. The summed E-state index contributed by atoms with van der Waals surface area (Å²) < 4.78 is 18.9. The molecule has 1 heterocycles. The van der Waals surface area contributed by atoms with Gasteiger partial charge in [0.1, 0.15) is 11.6 Å². The summed E-state index contributed by atoms with van der Waals surface area (Å²) in [5, 5.41) is 7.41. The Hall–Kier alpha value is -2.11. The lowest BCUT2D eigenvalue weighted by atomic mass is 9.92. The van der Waals surface area contributed by atoms with Gasteiger partial charge >= 0.3 is 0 Å². The Morgan fingerprint density at radius 3 is 2.39 bits per heavy atom. The van der Waals surface area contributed by atoms with Gasteiger partial charge in [0.05, 0.1) is 7.11 Å². The fourth-order valence-corrected chi connectivity index (χ4v) is 4.10. The molecule has 1 aliphatic heterocycles. The molecule has 6 heteroatoms. The summed E-state index contributed by atoms with van der Waals surface area (Å²) in [7, 11) is 1.70. The van der Waals surface area contributed by atoms with Crippen LogP contribution in [0.5, 0.6) is 5.75 Å². The molecule has 0 radical (unpaired) electrons. The molecule has 0 saturated carbocycles. The molecule has 2 unspecified atom stereocenters. The van der Waals surface area contributed by atoms with E-state index in [4.69, 9.17) is 4.74 Å². The number of nitrogens with one attached hydrogen (secondary N) is 2. The van der Waals surface area contributed by atoms with Crippen molar-refractivity contribution in [1.29, 1.82) is 0 Å². The fourth-order valence-electron chi connectivity index (χ4n) is 4.10. The second kappa shape index (κ2) is 12.1. The van der Waals surface area contributed by atoms with E-state index in [-0.39, 0.29) is 30.6 Å². The minimum absolute atomic E-state index is 0. The van der Waals surface area contributed by atoms with Gasteiger partial charge in [0.15, 0.2) is 0 Å². The highest BCUT2D eigenvalue weighted by atomic mass is 35.5. The molecule has 0 aromatic heterocycles. The highest BCUT2D eigenvalue weighted by Crippen LogP contribution is 2.28. The van der Waals surface area contributed by atoms with Crippen molar-refractivity contribution >= 4 is 24.8 Å². The van der Waals surface area contributed by atoms with E-state index in [0.29, 0.717) is 18.6 Å². The summed E-state index contributed by atoms with van der Waals surface area (Å²) in [6, 6.07) is 24.0. The highest BCUT2D eigenvalue weighted by Gasteiger charge is 2.25. The lowest BCUT2D eigenvalue weighted by Crippen LogP contribution is -2.45. The van der Waals surface area contributed by atoms with Crippen molar-refractivity contribution in [2.45, 2.75) is 31.5 Å². The molecule has 2 N–H and O–H groups in total. The van der Waals surface area contributed by atoms with E-state index < -0.39 is 0 Å². The number of hydrogen-bond acceptors (Lipinski definition) is 3. The summed E-state index contributed by atoms with van der Waals surface area (Å²) in [6.07, 6.45) is 2.29. The average Bonchev–Trinajstić information content (AvgIpc) is 2.79. The number of methoxy groups -OCH3 is 1. The van der Waals surface area contributed by atoms with Crippen molar-refractivity contribution in [3.63, 3.8) is 0 Å². The number of halogens is 3. The molecular weight excluding hydrogens is 434 g/mol. The van der Waals surface area contributed by atoms with Crippen LogP contribution in [0.3, 0.4) is 0 Å². The van der Waals surface area contributed by atoms with Crippen LogP contribution in [0.15, 0.2) is 72.8 Å². The van der Waals surface area contributed by atoms with Gasteiger partial charge in [-0.15, -0.1) is 24.8 Å². The zero-order chi connectivity index (χ0) is 20.1.